The van der Waals surface area contributed by atoms with Gasteiger partial charge in [-0.1, -0.05) is 0 Å². The molecule has 10 nitrogen and oxygen atoms in total. The Morgan fingerprint density at radius 2 is 1.10 bits per heavy atom. The normalized spacial score (nSPS) is 20.5. The monoisotopic (exact) mass is 413 g/mol. The number of anilines is 3. The predicted molar refractivity (Wildman–Crippen MR) is 112 cm³/mol. The van der Waals surface area contributed by atoms with Crippen LogP contribution in [0.3, 0.4) is 0 Å². The molecule has 0 aliphatic carbocycles. The fraction of sp³-hybridized carbons (Fsp3) is 0.600. The second-order valence-corrected chi connectivity index (χ2v) is 7.46. The largest absolute Gasteiger partial charge is 0.378 e. The zero-order chi connectivity index (χ0) is 20.2. The highest BCUT2D eigenvalue weighted by Crippen LogP contribution is 2.24. The van der Waals surface area contributed by atoms with Crippen molar-refractivity contribution >= 4 is 17.7 Å². The van der Waals surface area contributed by atoms with Crippen LogP contribution in [0.4, 0.5) is 17.7 Å². The maximum atomic E-state index is 5.49. The highest BCUT2D eigenvalue weighted by molar-refractivity contribution is 5.60. The first-order valence-electron chi connectivity index (χ1n) is 10.6. The SMILES string of the molecule is c1cc(N2CCOCC2)ncc1-c1nc(N2CCOCC2)nc(N2CCOCC2)n1. The lowest BCUT2D eigenvalue weighted by Gasteiger charge is -2.30. The average Bonchev–Trinajstić information content (AvgIpc) is 2.85. The van der Waals surface area contributed by atoms with Crippen molar-refractivity contribution in [2.24, 2.45) is 0 Å². The lowest BCUT2D eigenvalue weighted by Crippen LogP contribution is -2.40. The minimum Gasteiger partial charge on any atom is -0.378 e. The molecule has 0 amide bonds. The van der Waals surface area contributed by atoms with E-state index in [-0.39, 0.29) is 0 Å². The molecule has 3 aliphatic heterocycles. The van der Waals surface area contributed by atoms with Gasteiger partial charge in [0.25, 0.3) is 0 Å². The standard InChI is InChI=1S/C20H27N7O3/c1-2-17(25-3-9-28-10-4-25)21-15-16(1)18-22-19(26-5-11-29-12-6-26)24-20(23-18)27-7-13-30-14-8-27/h1-2,15H,3-14H2. The van der Waals surface area contributed by atoms with Crippen LogP contribution < -0.4 is 14.7 Å². The van der Waals surface area contributed by atoms with Crippen LogP contribution in [0, 0.1) is 0 Å². The Kier molecular flexibility index (Phi) is 5.87. The number of ether oxygens (including phenoxy) is 3. The van der Waals surface area contributed by atoms with Gasteiger partial charge in [0.1, 0.15) is 5.82 Å². The molecule has 0 unspecified atom stereocenters. The van der Waals surface area contributed by atoms with Gasteiger partial charge in [0.15, 0.2) is 5.82 Å². The van der Waals surface area contributed by atoms with E-state index < -0.39 is 0 Å². The first kappa shape index (κ1) is 19.4. The van der Waals surface area contributed by atoms with Gasteiger partial charge in [-0.2, -0.15) is 15.0 Å². The molecule has 2 aromatic rings. The topological polar surface area (TPSA) is 89.0 Å². The van der Waals surface area contributed by atoms with Crippen LogP contribution in [0.15, 0.2) is 18.3 Å². The number of nitrogens with zero attached hydrogens (tertiary/aromatic N) is 7. The van der Waals surface area contributed by atoms with Gasteiger partial charge in [0.05, 0.1) is 39.6 Å². The third-order valence-electron chi connectivity index (χ3n) is 5.54. The van der Waals surface area contributed by atoms with Crippen LogP contribution in [0.2, 0.25) is 0 Å². The summed E-state index contributed by atoms with van der Waals surface area (Å²) in [5, 5.41) is 0. The molecular weight excluding hydrogens is 386 g/mol. The predicted octanol–water partition coefficient (Wildman–Crippen LogP) is 0.443. The molecule has 2 aromatic heterocycles. The Labute approximate surface area is 175 Å². The van der Waals surface area contributed by atoms with Crippen LogP contribution >= 0.6 is 0 Å². The molecule has 10 heteroatoms. The van der Waals surface area contributed by atoms with E-state index in [2.05, 4.69) is 19.7 Å². The summed E-state index contributed by atoms with van der Waals surface area (Å²) in [6.45, 7) is 9.05. The number of pyridine rings is 1. The quantitative estimate of drug-likeness (QED) is 0.703. The maximum absolute atomic E-state index is 5.49. The first-order valence-corrected chi connectivity index (χ1v) is 10.6. The van der Waals surface area contributed by atoms with Crippen molar-refractivity contribution < 1.29 is 14.2 Å². The summed E-state index contributed by atoms with van der Waals surface area (Å²) < 4.78 is 16.4. The molecular formula is C20H27N7O3. The van der Waals surface area contributed by atoms with Crippen molar-refractivity contribution in [2.45, 2.75) is 0 Å². The van der Waals surface area contributed by atoms with Gasteiger partial charge in [0, 0.05) is 51.0 Å². The number of aromatic nitrogens is 4. The smallest absolute Gasteiger partial charge is 0.230 e. The second-order valence-electron chi connectivity index (χ2n) is 7.46. The third-order valence-corrected chi connectivity index (χ3v) is 5.54. The van der Waals surface area contributed by atoms with E-state index in [1.54, 1.807) is 0 Å². The summed E-state index contributed by atoms with van der Waals surface area (Å²) in [4.78, 5) is 25.6. The number of rotatable bonds is 4. The van der Waals surface area contributed by atoms with Crippen molar-refractivity contribution in [1.29, 1.82) is 0 Å². The Balaban J connectivity index is 1.45. The maximum Gasteiger partial charge on any atom is 0.230 e. The van der Waals surface area contributed by atoms with Gasteiger partial charge < -0.3 is 28.9 Å². The van der Waals surface area contributed by atoms with E-state index >= 15 is 0 Å². The number of morpholine rings is 3. The molecule has 0 spiro atoms. The molecule has 5 rings (SSSR count). The summed E-state index contributed by atoms with van der Waals surface area (Å²) in [6.07, 6.45) is 1.85. The van der Waals surface area contributed by atoms with Gasteiger partial charge in [0.2, 0.25) is 11.9 Å². The van der Waals surface area contributed by atoms with Gasteiger partial charge in [-0.15, -0.1) is 0 Å². The molecule has 0 N–H and O–H groups in total. The number of hydrogen-bond acceptors (Lipinski definition) is 10. The van der Waals surface area contributed by atoms with E-state index in [0.717, 1.165) is 63.9 Å². The van der Waals surface area contributed by atoms with Crippen LogP contribution in [-0.2, 0) is 14.2 Å². The lowest BCUT2D eigenvalue weighted by atomic mass is 10.2. The minimum absolute atomic E-state index is 0.647. The Bertz CT molecular complexity index is 797. The third kappa shape index (κ3) is 4.30. The number of hydrogen-bond donors (Lipinski definition) is 0. The zero-order valence-electron chi connectivity index (χ0n) is 17.1. The summed E-state index contributed by atoms with van der Waals surface area (Å²) >= 11 is 0. The second kappa shape index (κ2) is 9.07. The van der Waals surface area contributed by atoms with Gasteiger partial charge in [-0.25, -0.2) is 4.98 Å². The van der Waals surface area contributed by atoms with Crippen molar-refractivity contribution in [2.75, 3.05) is 93.6 Å². The van der Waals surface area contributed by atoms with Crippen molar-refractivity contribution in [3.05, 3.63) is 18.3 Å². The molecule has 0 aromatic carbocycles. The molecule has 3 saturated heterocycles. The van der Waals surface area contributed by atoms with E-state index in [9.17, 15) is 0 Å². The van der Waals surface area contributed by atoms with Crippen molar-refractivity contribution in [3.63, 3.8) is 0 Å². The fourth-order valence-corrected chi connectivity index (χ4v) is 3.79. The lowest BCUT2D eigenvalue weighted by molar-refractivity contribution is 0.121. The van der Waals surface area contributed by atoms with E-state index in [1.807, 2.05) is 18.3 Å². The van der Waals surface area contributed by atoms with Crippen LogP contribution in [0.5, 0.6) is 0 Å². The molecule has 30 heavy (non-hydrogen) atoms. The van der Waals surface area contributed by atoms with E-state index in [4.69, 9.17) is 29.2 Å². The van der Waals surface area contributed by atoms with E-state index in [1.165, 1.54) is 0 Å². The summed E-state index contributed by atoms with van der Waals surface area (Å²) in [7, 11) is 0. The molecule has 0 bridgehead atoms. The summed E-state index contributed by atoms with van der Waals surface area (Å²) in [5.41, 5.74) is 0.887. The first-order chi connectivity index (χ1) is 14.9. The minimum atomic E-state index is 0.647. The zero-order valence-corrected chi connectivity index (χ0v) is 17.1. The summed E-state index contributed by atoms with van der Waals surface area (Å²) in [5.74, 6) is 3.00. The molecule has 5 heterocycles. The molecule has 0 radical (unpaired) electrons. The average molecular weight is 413 g/mol. The van der Waals surface area contributed by atoms with Crippen LogP contribution in [0.25, 0.3) is 11.4 Å². The van der Waals surface area contributed by atoms with Gasteiger partial charge in [-0.05, 0) is 12.1 Å². The Morgan fingerprint density at radius 1 is 0.600 bits per heavy atom. The van der Waals surface area contributed by atoms with Gasteiger partial charge in [-0.3, -0.25) is 0 Å². The fourth-order valence-electron chi connectivity index (χ4n) is 3.79. The van der Waals surface area contributed by atoms with Gasteiger partial charge >= 0.3 is 0 Å². The Morgan fingerprint density at radius 3 is 1.57 bits per heavy atom. The highest BCUT2D eigenvalue weighted by atomic mass is 16.5. The molecule has 3 fully saturated rings. The Hall–Kier alpha value is -2.56. The molecule has 0 saturated carbocycles. The molecule has 160 valence electrons. The van der Waals surface area contributed by atoms with Crippen LogP contribution in [0.1, 0.15) is 0 Å². The molecule has 3 aliphatic rings. The summed E-state index contributed by atoms with van der Waals surface area (Å²) in [6, 6.07) is 4.08. The van der Waals surface area contributed by atoms with Crippen molar-refractivity contribution in [3.8, 4) is 11.4 Å². The van der Waals surface area contributed by atoms with Crippen LogP contribution in [-0.4, -0.2) is 98.8 Å². The van der Waals surface area contributed by atoms with Crippen molar-refractivity contribution in [1.82, 2.24) is 19.9 Å². The molecule has 0 atom stereocenters. The van der Waals surface area contributed by atoms with E-state index in [0.29, 0.717) is 44.1 Å². The highest BCUT2D eigenvalue weighted by Gasteiger charge is 2.21.